The summed E-state index contributed by atoms with van der Waals surface area (Å²) < 4.78 is 0. The van der Waals surface area contributed by atoms with Crippen molar-refractivity contribution in [2.75, 3.05) is 5.75 Å². The third-order valence-electron chi connectivity index (χ3n) is 1.79. The zero-order valence-corrected chi connectivity index (χ0v) is 8.76. The van der Waals surface area contributed by atoms with E-state index >= 15 is 0 Å². The van der Waals surface area contributed by atoms with Gasteiger partial charge in [-0.2, -0.15) is 12.6 Å². The van der Waals surface area contributed by atoms with Crippen LogP contribution >= 0.6 is 12.6 Å². The van der Waals surface area contributed by atoms with Crippen LogP contribution in [0.2, 0.25) is 0 Å². The molecule has 1 aromatic carbocycles. The van der Waals surface area contributed by atoms with E-state index in [-0.39, 0.29) is 11.5 Å². The van der Waals surface area contributed by atoms with Gasteiger partial charge in [-0.05, 0) is 12.1 Å². The van der Waals surface area contributed by atoms with Crippen molar-refractivity contribution in [3.63, 3.8) is 0 Å². The number of phenols is 1. The van der Waals surface area contributed by atoms with Crippen LogP contribution in [0.1, 0.15) is 5.56 Å². The maximum atomic E-state index is 10.6. The molecule has 0 unspecified atom stereocenters. The van der Waals surface area contributed by atoms with E-state index in [1.807, 2.05) is 0 Å². The van der Waals surface area contributed by atoms with Gasteiger partial charge in [-0.3, -0.25) is 4.99 Å². The standard InChI is InChI=1S/C10H11NO3S/c12-9-4-2-1-3-7(9)5-11-8(6-15)10(13)14/h1-5,8,12,15H,6H2,(H,13,14)/t8-/m1/s1. The van der Waals surface area contributed by atoms with Gasteiger partial charge >= 0.3 is 5.97 Å². The highest BCUT2D eigenvalue weighted by Crippen LogP contribution is 2.13. The van der Waals surface area contributed by atoms with Gasteiger partial charge in [0.05, 0.1) is 0 Å². The summed E-state index contributed by atoms with van der Waals surface area (Å²) >= 11 is 3.87. The number of carboxylic acids is 1. The van der Waals surface area contributed by atoms with Gasteiger partial charge in [0, 0.05) is 17.5 Å². The Morgan fingerprint density at radius 2 is 2.20 bits per heavy atom. The summed E-state index contributed by atoms with van der Waals surface area (Å²) in [6.07, 6.45) is 1.34. The first-order valence-corrected chi connectivity index (χ1v) is 4.93. The minimum absolute atomic E-state index is 0.0737. The second-order valence-corrected chi connectivity index (χ2v) is 3.24. The van der Waals surface area contributed by atoms with Crippen molar-refractivity contribution in [3.8, 4) is 5.75 Å². The van der Waals surface area contributed by atoms with Gasteiger partial charge in [0.2, 0.25) is 0 Å². The number of aromatic hydroxyl groups is 1. The summed E-state index contributed by atoms with van der Waals surface area (Å²) in [7, 11) is 0. The normalized spacial score (nSPS) is 12.9. The van der Waals surface area contributed by atoms with Crippen molar-refractivity contribution in [1.29, 1.82) is 0 Å². The van der Waals surface area contributed by atoms with Gasteiger partial charge in [-0.15, -0.1) is 0 Å². The molecule has 1 rings (SSSR count). The lowest BCUT2D eigenvalue weighted by molar-refractivity contribution is -0.137. The molecule has 0 amide bonds. The molecule has 0 radical (unpaired) electrons. The van der Waals surface area contributed by atoms with Crippen LogP contribution in [-0.4, -0.2) is 34.2 Å². The first kappa shape index (κ1) is 11.6. The highest BCUT2D eigenvalue weighted by atomic mass is 32.1. The first-order valence-electron chi connectivity index (χ1n) is 4.30. The van der Waals surface area contributed by atoms with E-state index < -0.39 is 12.0 Å². The number of benzene rings is 1. The average molecular weight is 225 g/mol. The summed E-state index contributed by atoms with van der Waals surface area (Å²) in [5.41, 5.74) is 0.491. The molecule has 15 heavy (non-hydrogen) atoms. The molecular formula is C10H11NO3S. The van der Waals surface area contributed by atoms with Gasteiger partial charge in [0.15, 0.2) is 6.04 Å². The molecule has 5 heteroatoms. The van der Waals surface area contributed by atoms with Crippen LogP contribution in [0.5, 0.6) is 5.75 Å². The zero-order chi connectivity index (χ0) is 11.3. The van der Waals surface area contributed by atoms with Crippen molar-refractivity contribution in [2.24, 2.45) is 4.99 Å². The molecule has 1 aromatic rings. The molecule has 0 heterocycles. The van der Waals surface area contributed by atoms with E-state index in [4.69, 9.17) is 5.11 Å². The van der Waals surface area contributed by atoms with E-state index in [9.17, 15) is 9.90 Å². The van der Waals surface area contributed by atoms with E-state index in [0.29, 0.717) is 5.56 Å². The number of nitrogens with zero attached hydrogens (tertiary/aromatic N) is 1. The molecule has 0 spiro atoms. The Morgan fingerprint density at radius 3 is 2.73 bits per heavy atom. The van der Waals surface area contributed by atoms with E-state index in [1.54, 1.807) is 18.2 Å². The van der Waals surface area contributed by atoms with Crippen molar-refractivity contribution < 1.29 is 15.0 Å². The van der Waals surface area contributed by atoms with Crippen LogP contribution in [0, 0.1) is 0 Å². The summed E-state index contributed by atoms with van der Waals surface area (Å²) in [5, 5.41) is 18.1. The lowest BCUT2D eigenvalue weighted by Crippen LogP contribution is -2.19. The first-order chi connectivity index (χ1) is 7.15. The molecule has 4 nitrogen and oxygen atoms in total. The van der Waals surface area contributed by atoms with Crippen LogP contribution in [0.4, 0.5) is 0 Å². The summed E-state index contributed by atoms with van der Waals surface area (Å²) in [6, 6.07) is 5.69. The largest absolute Gasteiger partial charge is 0.507 e. The van der Waals surface area contributed by atoms with Gasteiger partial charge in [0.1, 0.15) is 5.75 Å². The van der Waals surface area contributed by atoms with E-state index in [2.05, 4.69) is 17.6 Å². The predicted molar refractivity (Wildman–Crippen MR) is 61.0 cm³/mol. The second kappa shape index (κ2) is 5.41. The quantitative estimate of drug-likeness (QED) is 0.532. The van der Waals surface area contributed by atoms with Gasteiger partial charge < -0.3 is 10.2 Å². The molecule has 0 aliphatic carbocycles. The van der Waals surface area contributed by atoms with Crippen LogP contribution in [0.25, 0.3) is 0 Å². The van der Waals surface area contributed by atoms with E-state index in [0.717, 1.165) is 0 Å². The number of rotatable bonds is 4. The number of carboxylic acid groups (broad SMARTS) is 1. The van der Waals surface area contributed by atoms with Crippen LogP contribution < -0.4 is 0 Å². The fourth-order valence-electron chi connectivity index (χ4n) is 0.956. The predicted octanol–water partition coefficient (Wildman–Crippen LogP) is 1.19. The zero-order valence-electron chi connectivity index (χ0n) is 7.87. The van der Waals surface area contributed by atoms with Crippen LogP contribution in [-0.2, 0) is 4.79 Å². The fourth-order valence-corrected chi connectivity index (χ4v) is 1.21. The van der Waals surface area contributed by atoms with Crippen molar-refractivity contribution in [1.82, 2.24) is 0 Å². The van der Waals surface area contributed by atoms with Gasteiger partial charge in [-0.25, -0.2) is 4.79 Å². The average Bonchev–Trinajstić information content (AvgIpc) is 2.21. The fraction of sp³-hybridized carbons (Fsp3) is 0.200. The minimum Gasteiger partial charge on any atom is -0.507 e. The molecule has 0 fully saturated rings. The molecule has 0 aliphatic rings. The Bertz CT molecular complexity index is 379. The van der Waals surface area contributed by atoms with Crippen LogP contribution in [0.15, 0.2) is 29.3 Å². The lowest BCUT2D eigenvalue weighted by atomic mass is 10.2. The monoisotopic (exact) mass is 225 g/mol. The number of para-hydroxylation sites is 1. The number of aliphatic carboxylic acids is 1. The lowest BCUT2D eigenvalue weighted by Gasteiger charge is -2.02. The SMILES string of the molecule is O=C(O)[C@@H](CS)N=Cc1ccccc1O. The third-order valence-corrected chi connectivity index (χ3v) is 2.13. The molecule has 0 aliphatic heterocycles. The number of phenolic OH excluding ortho intramolecular Hbond substituents is 1. The maximum Gasteiger partial charge on any atom is 0.329 e. The molecule has 0 saturated carbocycles. The number of carbonyl (C=O) groups is 1. The highest BCUT2D eigenvalue weighted by Gasteiger charge is 2.12. The molecule has 0 bridgehead atoms. The molecule has 0 saturated heterocycles. The minimum atomic E-state index is -1.03. The topological polar surface area (TPSA) is 69.9 Å². The third kappa shape index (κ3) is 3.28. The van der Waals surface area contributed by atoms with Gasteiger partial charge in [0.25, 0.3) is 0 Å². The molecular weight excluding hydrogens is 214 g/mol. The summed E-state index contributed by atoms with van der Waals surface area (Å²) in [5.74, 6) is -0.833. The van der Waals surface area contributed by atoms with E-state index in [1.165, 1.54) is 12.3 Å². The summed E-state index contributed by atoms with van der Waals surface area (Å²) in [6.45, 7) is 0. The molecule has 80 valence electrons. The Hall–Kier alpha value is -1.49. The smallest absolute Gasteiger partial charge is 0.329 e. The van der Waals surface area contributed by atoms with Crippen LogP contribution in [0.3, 0.4) is 0 Å². The number of hydrogen-bond acceptors (Lipinski definition) is 4. The Morgan fingerprint density at radius 1 is 1.53 bits per heavy atom. The number of hydrogen-bond donors (Lipinski definition) is 3. The number of aliphatic imine (C=N–C) groups is 1. The van der Waals surface area contributed by atoms with Gasteiger partial charge in [-0.1, -0.05) is 12.1 Å². The number of thiol groups is 1. The Balaban J connectivity index is 2.81. The maximum absolute atomic E-state index is 10.6. The molecule has 2 N–H and O–H groups in total. The Labute approximate surface area is 92.7 Å². The summed E-state index contributed by atoms with van der Waals surface area (Å²) in [4.78, 5) is 14.4. The molecule has 0 aromatic heterocycles. The Kier molecular flexibility index (Phi) is 4.17. The van der Waals surface area contributed by atoms with Crippen molar-refractivity contribution >= 4 is 24.8 Å². The van der Waals surface area contributed by atoms with Crippen molar-refractivity contribution in [3.05, 3.63) is 29.8 Å². The molecule has 1 atom stereocenters. The second-order valence-electron chi connectivity index (χ2n) is 2.87. The highest BCUT2D eigenvalue weighted by molar-refractivity contribution is 7.80. The van der Waals surface area contributed by atoms with Crippen molar-refractivity contribution in [2.45, 2.75) is 6.04 Å².